The number of thiazole rings is 1. The molecule has 7 nitrogen and oxygen atoms in total. The van der Waals surface area contributed by atoms with Crippen LogP contribution in [-0.2, 0) is 12.1 Å². The van der Waals surface area contributed by atoms with Gasteiger partial charge in [-0.05, 0) is 43.5 Å². The molecule has 4 rings (SSSR count). The third-order valence-corrected chi connectivity index (χ3v) is 6.44. The Balaban J connectivity index is 1.32. The van der Waals surface area contributed by atoms with Crippen LogP contribution in [0.5, 0.6) is 0 Å². The number of aliphatic hydroxyl groups excluding tert-OH is 1. The highest BCUT2D eigenvalue weighted by atomic mass is 32.1. The topological polar surface area (TPSA) is 88.9 Å². The van der Waals surface area contributed by atoms with Crippen LogP contribution in [-0.4, -0.2) is 63.3 Å². The summed E-state index contributed by atoms with van der Waals surface area (Å²) >= 11 is 1.52. The number of aromatic nitrogens is 1. The molecule has 2 saturated heterocycles. The first kappa shape index (κ1) is 20.2. The largest absolute Gasteiger partial charge is 0.392 e. The van der Waals surface area contributed by atoms with Gasteiger partial charge in [-0.15, -0.1) is 11.3 Å². The standard InChI is InChI=1S/C20H25FN4O3S/c21-14-1-3-15(4-2-14)22-19(27)25-9-6-20(28,7-10-25)17-13-29-18(23-17)12-24-8-5-16(26)11-24/h1-4,13,16,26,28H,5-12H2,(H,22,27). The molecule has 0 spiro atoms. The third kappa shape index (κ3) is 4.75. The number of nitrogens with one attached hydrogen (secondary N) is 1. The highest BCUT2D eigenvalue weighted by Gasteiger charge is 2.37. The van der Waals surface area contributed by atoms with Gasteiger partial charge in [0.05, 0.1) is 18.3 Å². The van der Waals surface area contributed by atoms with E-state index >= 15 is 0 Å². The summed E-state index contributed by atoms with van der Waals surface area (Å²) in [5.74, 6) is -0.352. The lowest BCUT2D eigenvalue weighted by Gasteiger charge is -2.37. The summed E-state index contributed by atoms with van der Waals surface area (Å²) in [6, 6.07) is 5.37. The minimum atomic E-state index is -1.04. The third-order valence-electron chi connectivity index (χ3n) is 5.61. The number of carbonyl (C=O) groups excluding carboxylic acids is 1. The second-order valence-electron chi connectivity index (χ2n) is 7.76. The lowest BCUT2D eigenvalue weighted by Crippen LogP contribution is -2.46. The summed E-state index contributed by atoms with van der Waals surface area (Å²) in [7, 11) is 0. The molecule has 1 aromatic carbocycles. The fourth-order valence-electron chi connectivity index (χ4n) is 3.82. The number of halogens is 1. The van der Waals surface area contributed by atoms with Gasteiger partial charge in [0.2, 0.25) is 0 Å². The van der Waals surface area contributed by atoms with E-state index in [4.69, 9.17) is 0 Å². The molecule has 0 aliphatic carbocycles. The van der Waals surface area contributed by atoms with Crippen molar-refractivity contribution in [2.24, 2.45) is 0 Å². The van der Waals surface area contributed by atoms with Gasteiger partial charge in [-0.1, -0.05) is 0 Å². The van der Waals surface area contributed by atoms with E-state index in [1.807, 2.05) is 5.38 Å². The minimum absolute atomic E-state index is 0.259. The number of urea groups is 1. The average molecular weight is 421 g/mol. The van der Waals surface area contributed by atoms with E-state index in [0.29, 0.717) is 50.4 Å². The maximum absolute atomic E-state index is 13.0. The summed E-state index contributed by atoms with van der Waals surface area (Å²) in [4.78, 5) is 20.9. The normalized spacial score (nSPS) is 22.0. The van der Waals surface area contributed by atoms with Crippen molar-refractivity contribution < 1.29 is 19.4 Å². The Labute approximate surface area is 172 Å². The second kappa shape index (κ2) is 8.35. The van der Waals surface area contributed by atoms with Gasteiger partial charge >= 0.3 is 6.03 Å². The van der Waals surface area contributed by atoms with Crippen LogP contribution < -0.4 is 5.32 Å². The summed E-state index contributed by atoms with van der Waals surface area (Å²) in [6.07, 6.45) is 1.35. The summed E-state index contributed by atoms with van der Waals surface area (Å²) in [6.45, 7) is 3.03. The van der Waals surface area contributed by atoms with Gasteiger partial charge in [0.15, 0.2) is 0 Å². The van der Waals surface area contributed by atoms with Gasteiger partial charge in [-0.3, -0.25) is 4.90 Å². The Bertz CT molecular complexity index is 852. The molecule has 29 heavy (non-hydrogen) atoms. The second-order valence-corrected chi connectivity index (χ2v) is 8.70. The molecular formula is C20H25FN4O3S. The zero-order valence-electron chi connectivity index (χ0n) is 16.1. The maximum atomic E-state index is 13.0. The van der Waals surface area contributed by atoms with E-state index < -0.39 is 5.60 Å². The molecular weight excluding hydrogens is 395 g/mol. The predicted molar refractivity (Wildman–Crippen MR) is 108 cm³/mol. The molecule has 2 aromatic rings. The number of nitrogens with zero attached hydrogens (tertiary/aromatic N) is 3. The van der Waals surface area contributed by atoms with Gasteiger partial charge in [-0.25, -0.2) is 14.2 Å². The number of benzene rings is 1. The van der Waals surface area contributed by atoms with Crippen molar-refractivity contribution >= 4 is 23.1 Å². The number of hydrogen-bond donors (Lipinski definition) is 3. The molecule has 0 bridgehead atoms. The Morgan fingerprint density at radius 3 is 2.66 bits per heavy atom. The van der Waals surface area contributed by atoms with Crippen LogP contribution in [0.4, 0.5) is 14.9 Å². The van der Waals surface area contributed by atoms with Gasteiger partial charge in [0, 0.05) is 37.2 Å². The molecule has 3 heterocycles. The quantitative estimate of drug-likeness (QED) is 0.707. The average Bonchev–Trinajstić information content (AvgIpc) is 3.34. The molecule has 1 aromatic heterocycles. The van der Waals surface area contributed by atoms with Crippen molar-refractivity contribution in [3.05, 3.63) is 46.2 Å². The molecule has 2 amide bonds. The molecule has 2 aliphatic heterocycles. The van der Waals surface area contributed by atoms with E-state index in [-0.39, 0.29) is 18.0 Å². The fourth-order valence-corrected chi connectivity index (χ4v) is 4.74. The van der Waals surface area contributed by atoms with Crippen molar-refractivity contribution in [2.75, 3.05) is 31.5 Å². The molecule has 2 fully saturated rings. The van der Waals surface area contributed by atoms with Crippen LogP contribution in [0.15, 0.2) is 29.6 Å². The molecule has 0 radical (unpaired) electrons. The summed E-state index contributed by atoms with van der Waals surface area (Å²) < 4.78 is 13.0. The van der Waals surface area contributed by atoms with Crippen LogP contribution in [0, 0.1) is 5.82 Å². The Hall–Kier alpha value is -2.07. The van der Waals surface area contributed by atoms with Gasteiger partial charge in [0.25, 0.3) is 0 Å². The molecule has 9 heteroatoms. The Morgan fingerprint density at radius 2 is 2.00 bits per heavy atom. The highest BCUT2D eigenvalue weighted by molar-refractivity contribution is 7.09. The zero-order valence-corrected chi connectivity index (χ0v) is 16.9. The van der Waals surface area contributed by atoms with Crippen molar-refractivity contribution in [1.82, 2.24) is 14.8 Å². The van der Waals surface area contributed by atoms with Crippen LogP contribution >= 0.6 is 11.3 Å². The Morgan fingerprint density at radius 1 is 1.28 bits per heavy atom. The number of amides is 2. The predicted octanol–water partition coefficient (Wildman–Crippen LogP) is 2.36. The summed E-state index contributed by atoms with van der Waals surface area (Å²) in [5.41, 5.74) is 0.163. The van der Waals surface area contributed by atoms with Crippen LogP contribution in [0.25, 0.3) is 0 Å². The smallest absolute Gasteiger partial charge is 0.321 e. The molecule has 3 N–H and O–H groups in total. The monoisotopic (exact) mass is 420 g/mol. The fraction of sp³-hybridized carbons (Fsp3) is 0.500. The minimum Gasteiger partial charge on any atom is -0.392 e. The maximum Gasteiger partial charge on any atom is 0.321 e. The van der Waals surface area contributed by atoms with Gasteiger partial charge < -0.3 is 20.4 Å². The lowest BCUT2D eigenvalue weighted by atomic mass is 9.89. The lowest BCUT2D eigenvalue weighted by molar-refractivity contribution is -0.0189. The van der Waals surface area contributed by atoms with E-state index in [1.165, 1.54) is 35.6 Å². The van der Waals surface area contributed by atoms with E-state index in [9.17, 15) is 19.4 Å². The van der Waals surface area contributed by atoms with E-state index in [2.05, 4.69) is 15.2 Å². The summed E-state index contributed by atoms with van der Waals surface area (Å²) in [5, 5.41) is 26.3. The number of anilines is 1. The van der Waals surface area contributed by atoms with E-state index in [1.54, 1.807) is 4.90 Å². The first-order chi connectivity index (χ1) is 13.9. The SMILES string of the molecule is O=C(Nc1ccc(F)cc1)N1CCC(O)(c2csc(CN3CCC(O)C3)n2)CC1. The number of β-amino-alcohol motifs (C(OH)–C–C–N with tert-alkyl or cyclic N) is 1. The number of likely N-dealkylation sites (tertiary alicyclic amines) is 2. The van der Waals surface area contributed by atoms with Crippen LogP contribution in [0.2, 0.25) is 0 Å². The molecule has 156 valence electrons. The molecule has 1 unspecified atom stereocenters. The number of rotatable bonds is 4. The highest BCUT2D eigenvalue weighted by Crippen LogP contribution is 2.34. The number of piperidine rings is 1. The first-order valence-corrected chi connectivity index (χ1v) is 10.7. The van der Waals surface area contributed by atoms with Crippen LogP contribution in [0.1, 0.15) is 30.0 Å². The van der Waals surface area contributed by atoms with Gasteiger partial charge in [0.1, 0.15) is 16.4 Å². The van der Waals surface area contributed by atoms with E-state index in [0.717, 1.165) is 18.0 Å². The van der Waals surface area contributed by atoms with Crippen LogP contribution in [0.3, 0.4) is 0 Å². The molecule has 1 atom stereocenters. The van der Waals surface area contributed by atoms with Crippen molar-refractivity contribution in [3.8, 4) is 0 Å². The molecule has 0 saturated carbocycles. The first-order valence-electron chi connectivity index (χ1n) is 9.80. The molecule has 2 aliphatic rings. The van der Waals surface area contributed by atoms with Crippen molar-refractivity contribution in [2.45, 2.75) is 37.5 Å². The number of carbonyl (C=O) groups is 1. The zero-order chi connectivity index (χ0) is 20.4. The van der Waals surface area contributed by atoms with Crippen molar-refractivity contribution in [3.63, 3.8) is 0 Å². The van der Waals surface area contributed by atoms with Gasteiger partial charge in [-0.2, -0.15) is 0 Å². The Kier molecular flexibility index (Phi) is 5.82. The van der Waals surface area contributed by atoms with Crippen molar-refractivity contribution in [1.29, 1.82) is 0 Å². The number of aliphatic hydroxyl groups is 2. The number of hydrogen-bond acceptors (Lipinski definition) is 6.